The lowest BCUT2D eigenvalue weighted by Gasteiger charge is -2.17. The first-order valence-electron chi connectivity index (χ1n) is 8.44. The highest BCUT2D eigenvalue weighted by Crippen LogP contribution is 2.18. The predicted octanol–water partition coefficient (Wildman–Crippen LogP) is 2.93. The number of nitrogens with zero attached hydrogens (tertiary/aromatic N) is 2. The Balaban J connectivity index is 1.30. The van der Waals surface area contributed by atoms with Gasteiger partial charge in [-0.3, -0.25) is 4.98 Å². The molecule has 6 heteroatoms. The summed E-state index contributed by atoms with van der Waals surface area (Å²) < 4.78 is 5.87. The summed E-state index contributed by atoms with van der Waals surface area (Å²) in [5.41, 5.74) is 2.08. The largest absolute Gasteiger partial charge is 0.487 e. The summed E-state index contributed by atoms with van der Waals surface area (Å²) in [6.07, 6.45) is 4.25. The lowest BCUT2D eigenvalue weighted by atomic mass is 10.2. The molecule has 4 rings (SSSR count). The molecule has 25 heavy (non-hydrogen) atoms. The molecule has 0 radical (unpaired) electrons. The summed E-state index contributed by atoms with van der Waals surface area (Å²) in [5, 5.41) is 4.12. The number of nitrogens with one attached hydrogen (secondary N) is 2. The molecule has 0 aliphatic carbocycles. The van der Waals surface area contributed by atoms with Gasteiger partial charge < -0.3 is 19.9 Å². The second-order valence-electron chi connectivity index (χ2n) is 6.20. The van der Waals surface area contributed by atoms with Gasteiger partial charge >= 0.3 is 6.03 Å². The minimum Gasteiger partial charge on any atom is -0.487 e. The lowest BCUT2D eigenvalue weighted by molar-refractivity contribution is 0.186. The molecule has 3 aromatic rings. The number of carbonyl (C=O) groups is 1. The highest BCUT2D eigenvalue weighted by Gasteiger charge is 2.27. The fourth-order valence-corrected chi connectivity index (χ4v) is 3.13. The van der Waals surface area contributed by atoms with Crippen LogP contribution in [0.25, 0.3) is 10.9 Å². The van der Waals surface area contributed by atoms with Crippen LogP contribution in [0.1, 0.15) is 12.1 Å². The van der Waals surface area contributed by atoms with Crippen LogP contribution in [-0.4, -0.2) is 40.1 Å². The Hall–Kier alpha value is -3.02. The first kappa shape index (κ1) is 15.5. The summed E-state index contributed by atoms with van der Waals surface area (Å²) in [5.74, 6) is 0.743. The maximum atomic E-state index is 12.4. The van der Waals surface area contributed by atoms with Crippen molar-refractivity contribution in [3.8, 4) is 5.75 Å². The number of para-hydroxylation sites is 1. The molecule has 3 heterocycles. The molecule has 0 spiro atoms. The van der Waals surface area contributed by atoms with Crippen molar-refractivity contribution in [2.24, 2.45) is 0 Å². The Morgan fingerprint density at radius 3 is 3.08 bits per heavy atom. The van der Waals surface area contributed by atoms with Gasteiger partial charge in [-0.05, 0) is 29.7 Å². The zero-order valence-corrected chi connectivity index (χ0v) is 13.8. The molecule has 6 nitrogen and oxygen atoms in total. The molecule has 1 aromatic carbocycles. The van der Waals surface area contributed by atoms with E-state index in [2.05, 4.69) is 27.4 Å². The van der Waals surface area contributed by atoms with Gasteiger partial charge in [-0.15, -0.1) is 0 Å². The lowest BCUT2D eigenvalue weighted by Crippen LogP contribution is -2.39. The average molecular weight is 336 g/mol. The van der Waals surface area contributed by atoms with Crippen LogP contribution in [-0.2, 0) is 6.54 Å². The smallest absolute Gasteiger partial charge is 0.317 e. The van der Waals surface area contributed by atoms with Gasteiger partial charge in [0.15, 0.2) is 0 Å². The standard InChI is InChI=1S/C19H20N4O2/c24-19(21-11-15-10-14-4-1-2-6-18(14)22-15)23-9-7-17(13-23)25-16-5-3-8-20-12-16/h1-6,8,10,12,17,22H,7,9,11,13H2,(H,21,24)/t17-/m0/s1. The fourth-order valence-electron chi connectivity index (χ4n) is 3.13. The van der Waals surface area contributed by atoms with Crippen LogP contribution in [0.3, 0.4) is 0 Å². The Bertz CT molecular complexity index is 829. The van der Waals surface area contributed by atoms with Crippen LogP contribution in [0.4, 0.5) is 4.79 Å². The SMILES string of the molecule is O=C(NCc1cc2ccccc2[nH]1)N1CC[C@H](Oc2cccnc2)C1. The van der Waals surface area contributed by atoms with Crippen LogP contribution in [0.15, 0.2) is 54.9 Å². The van der Waals surface area contributed by atoms with Crippen molar-refractivity contribution < 1.29 is 9.53 Å². The first-order valence-corrected chi connectivity index (χ1v) is 8.44. The Morgan fingerprint density at radius 1 is 1.32 bits per heavy atom. The number of benzene rings is 1. The van der Waals surface area contributed by atoms with Crippen LogP contribution in [0, 0.1) is 0 Å². The second-order valence-corrected chi connectivity index (χ2v) is 6.20. The summed E-state index contributed by atoms with van der Waals surface area (Å²) in [6, 6.07) is 13.8. The number of carbonyl (C=O) groups excluding carboxylic acids is 1. The number of urea groups is 1. The molecule has 2 aromatic heterocycles. The van der Waals surface area contributed by atoms with Crippen molar-refractivity contribution in [3.63, 3.8) is 0 Å². The van der Waals surface area contributed by atoms with E-state index in [9.17, 15) is 4.79 Å². The number of hydrogen-bond acceptors (Lipinski definition) is 3. The number of rotatable bonds is 4. The second kappa shape index (κ2) is 6.84. The maximum Gasteiger partial charge on any atom is 0.317 e. The minimum absolute atomic E-state index is 0.0167. The number of aromatic amines is 1. The van der Waals surface area contributed by atoms with Crippen molar-refractivity contribution in [3.05, 3.63) is 60.6 Å². The van der Waals surface area contributed by atoms with E-state index in [4.69, 9.17) is 4.74 Å². The zero-order valence-electron chi connectivity index (χ0n) is 13.8. The summed E-state index contributed by atoms with van der Waals surface area (Å²) in [4.78, 5) is 21.5. The molecule has 1 aliphatic rings. The van der Waals surface area contributed by atoms with Gasteiger partial charge in [-0.1, -0.05) is 18.2 Å². The van der Waals surface area contributed by atoms with Gasteiger partial charge in [0.1, 0.15) is 11.9 Å². The van der Waals surface area contributed by atoms with Gasteiger partial charge in [0.2, 0.25) is 0 Å². The van der Waals surface area contributed by atoms with E-state index in [0.29, 0.717) is 19.6 Å². The van der Waals surface area contributed by atoms with E-state index in [1.54, 1.807) is 17.3 Å². The Morgan fingerprint density at radius 2 is 2.24 bits per heavy atom. The molecule has 128 valence electrons. The van der Waals surface area contributed by atoms with E-state index in [0.717, 1.165) is 28.8 Å². The zero-order chi connectivity index (χ0) is 17.1. The van der Waals surface area contributed by atoms with E-state index in [-0.39, 0.29) is 12.1 Å². The van der Waals surface area contributed by atoms with Gasteiger partial charge in [0, 0.05) is 30.4 Å². The number of ether oxygens (including phenoxy) is 1. The molecule has 2 amide bonds. The molecule has 1 fully saturated rings. The quantitative estimate of drug-likeness (QED) is 0.769. The van der Waals surface area contributed by atoms with Crippen molar-refractivity contribution >= 4 is 16.9 Å². The summed E-state index contributed by atoms with van der Waals surface area (Å²) in [6.45, 7) is 1.77. The van der Waals surface area contributed by atoms with Gasteiger partial charge in [-0.2, -0.15) is 0 Å². The number of H-pyrrole nitrogens is 1. The van der Waals surface area contributed by atoms with E-state index in [1.807, 2.05) is 30.3 Å². The van der Waals surface area contributed by atoms with E-state index < -0.39 is 0 Å². The fraction of sp³-hybridized carbons (Fsp3) is 0.263. The van der Waals surface area contributed by atoms with E-state index in [1.165, 1.54) is 0 Å². The molecular formula is C19H20N4O2. The Kier molecular flexibility index (Phi) is 4.24. The minimum atomic E-state index is -0.0593. The highest BCUT2D eigenvalue weighted by molar-refractivity contribution is 5.80. The third-order valence-electron chi connectivity index (χ3n) is 4.39. The molecule has 0 saturated carbocycles. The van der Waals surface area contributed by atoms with E-state index >= 15 is 0 Å². The highest BCUT2D eigenvalue weighted by atomic mass is 16.5. The van der Waals surface area contributed by atoms with Crippen molar-refractivity contribution in [2.45, 2.75) is 19.1 Å². The number of aromatic nitrogens is 2. The molecule has 1 saturated heterocycles. The van der Waals surface area contributed by atoms with Gasteiger partial charge in [-0.25, -0.2) is 4.79 Å². The number of pyridine rings is 1. The number of fused-ring (bicyclic) bond motifs is 1. The monoisotopic (exact) mass is 336 g/mol. The third-order valence-corrected chi connectivity index (χ3v) is 4.39. The van der Waals surface area contributed by atoms with Crippen LogP contribution in [0.5, 0.6) is 5.75 Å². The van der Waals surface area contributed by atoms with Gasteiger partial charge in [0.25, 0.3) is 0 Å². The predicted molar refractivity (Wildman–Crippen MR) is 95.4 cm³/mol. The van der Waals surface area contributed by atoms with Crippen molar-refractivity contribution in [1.29, 1.82) is 0 Å². The molecule has 0 bridgehead atoms. The molecule has 1 atom stereocenters. The number of likely N-dealkylation sites (tertiary alicyclic amines) is 1. The summed E-state index contributed by atoms with van der Waals surface area (Å²) in [7, 11) is 0. The van der Waals surface area contributed by atoms with Crippen LogP contribution < -0.4 is 10.1 Å². The van der Waals surface area contributed by atoms with Gasteiger partial charge in [0.05, 0.1) is 19.3 Å². The van der Waals surface area contributed by atoms with Crippen LogP contribution >= 0.6 is 0 Å². The molecule has 1 aliphatic heterocycles. The number of hydrogen-bond donors (Lipinski definition) is 2. The molecular weight excluding hydrogens is 316 g/mol. The average Bonchev–Trinajstić information content (AvgIpc) is 3.27. The normalized spacial score (nSPS) is 17.0. The first-order chi connectivity index (χ1) is 12.3. The topological polar surface area (TPSA) is 70.2 Å². The van der Waals surface area contributed by atoms with Crippen LogP contribution in [0.2, 0.25) is 0 Å². The maximum absolute atomic E-state index is 12.4. The molecule has 0 unspecified atom stereocenters. The third kappa shape index (κ3) is 3.57. The van der Waals surface area contributed by atoms with Crippen molar-refractivity contribution in [2.75, 3.05) is 13.1 Å². The Labute approximate surface area is 145 Å². The summed E-state index contributed by atoms with van der Waals surface area (Å²) >= 11 is 0. The number of amides is 2. The molecule has 2 N–H and O–H groups in total. The van der Waals surface area contributed by atoms with Crippen molar-refractivity contribution in [1.82, 2.24) is 20.2 Å².